The smallest absolute Gasteiger partial charge is 0.118 e. The van der Waals surface area contributed by atoms with E-state index in [9.17, 15) is 0 Å². The molecule has 0 radical (unpaired) electrons. The maximum atomic E-state index is 5.85. The van der Waals surface area contributed by atoms with E-state index in [4.69, 9.17) is 10.5 Å². The molecular weight excluding hydrogens is 282 g/mol. The molecule has 0 saturated heterocycles. The van der Waals surface area contributed by atoms with Gasteiger partial charge in [-0.2, -0.15) is 0 Å². The third-order valence-corrected chi connectivity index (χ3v) is 4.13. The Morgan fingerprint density at radius 1 is 0.696 bits per heavy atom. The van der Waals surface area contributed by atoms with Gasteiger partial charge in [-0.25, -0.2) is 0 Å². The molecule has 0 fully saturated rings. The Hall–Kier alpha value is -2.74. The molecule has 1 unspecified atom stereocenters. The molecule has 0 aromatic heterocycles. The van der Waals surface area contributed by atoms with Gasteiger partial charge in [-0.1, -0.05) is 54.1 Å². The maximum Gasteiger partial charge on any atom is 0.118 e. The zero-order chi connectivity index (χ0) is 16.2. The summed E-state index contributed by atoms with van der Waals surface area (Å²) in [5.74, 6) is 1.05. The summed E-state index contributed by atoms with van der Waals surface area (Å²) in [6.45, 7) is 2.11. The van der Waals surface area contributed by atoms with E-state index in [-0.39, 0.29) is 5.92 Å². The van der Waals surface area contributed by atoms with E-state index >= 15 is 0 Å². The van der Waals surface area contributed by atoms with Crippen LogP contribution in [0.15, 0.2) is 72.8 Å². The molecule has 0 spiro atoms. The van der Waals surface area contributed by atoms with Crippen molar-refractivity contribution < 1.29 is 4.74 Å². The van der Waals surface area contributed by atoms with Crippen molar-refractivity contribution >= 4 is 5.69 Å². The lowest BCUT2D eigenvalue weighted by Gasteiger charge is -2.19. The number of rotatable bonds is 4. The van der Waals surface area contributed by atoms with E-state index in [0.29, 0.717) is 0 Å². The Balaban J connectivity index is 2.08. The first-order valence-electron chi connectivity index (χ1n) is 7.73. The van der Waals surface area contributed by atoms with Crippen molar-refractivity contribution in [1.82, 2.24) is 0 Å². The average molecular weight is 303 g/mol. The molecule has 0 amide bonds. The lowest BCUT2D eigenvalue weighted by molar-refractivity contribution is 0.414. The highest BCUT2D eigenvalue weighted by Gasteiger charge is 2.16. The van der Waals surface area contributed by atoms with Gasteiger partial charge in [0.05, 0.1) is 7.11 Å². The van der Waals surface area contributed by atoms with E-state index in [1.165, 1.54) is 22.3 Å². The Morgan fingerprint density at radius 3 is 1.61 bits per heavy atom. The minimum atomic E-state index is 0.183. The molecule has 2 N–H and O–H groups in total. The predicted molar refractivity (Wildman–Crippen MR) is 96.0 cm³/mol. The fraction of sp³-hybridized carbons (Fsp3) is 0.143. The van der Waals surface area contributed by atoms with E-state index in [0.717, 1.165) is 11.4 Å². The number of nitrogens with two attached hydrogens (primary N) is 1. The van der Waals surface area contributed by atoms with Crippen LogP contribution in [-0.4, -0.2) is 7.11 Å². The zero-order valence-corrected chi connectivity index (χ0v) is 13.5. The highest BCUT2D eigenvalue weighted by molar-refractivity contribution is 5.48. The first-order valence-corrected chi connectivity index (χ1v) is 7.73. The second-order valence-corrected chi connectivity index (χ2v) is 5.78. The largest absolute Gasteiger partial charge is 0.497 e. The molecule has 2 nitrogen and oxygen atoms in total. The molecular formula is C21H21NO. The Kier molecular flexibility index (Phi) is 4.33. The predicted octanol–water partition coefficient (Wildman–Crippen LogP) is 4.77. The Bertz CT molecular complexity index is 713. The van der Waals surface area contributed by atoms with Gasteiger partial charge >= 0.3 is 0 Å². The SMILES string of the molecule is COc1ccc(C(c2ccc(C)cc2)c2ccc(N)cc2)cc1. The molecule has 3 aromatic carbocycles. The number of anilines is 1. The minimum absolute atomic E-state index is 0.183. The van der Waals surface area contributed by atoms with Crippen LogP contribution in [0.25, 0.3) is 0 Å². The molecule has 0 heterocycles. The van der Waals surface area contributed by atoms with Crippen LogP contribution >= 0.6 is 0 Å². The van der Waals surface area contributed by atoms with Gasteiger partial charge < -0.3 is 10.5 Å². The topological polar surface area (TPSA) is 35.2 Å². The summed E-state index contributed by atoms with van der Waals surface area (Å²) in [7, 11) is 1.69. The van der Waals surface area contributed by atoms with E-state index in [2.05, 4.69) is 55.5 Å². The number of ether oxygens (including phenoxy) is 1. The third kappa shape index (κ3) is 3.37. The van der Waals surface area contributed by atoms with Crippen molar-refractivity contribution in [2.75, 3.05) is 12.8 Å². The van der Waals surface area contributed by atoms with E-state index in [1.807, 2.05) is 24.3 Å². The second-order valence-electron chi connectivity index (χ2n) is 5.78. The summed E-state index contributed by atoms with van der Waals surface area (Å²) in [5, 5.41) is 0. The van der Waals surface area contributed by atoms with E-state index in [1.54, 1.807) is 7.11 Å². The van der Waals surface area contributed by atoms with Crippen LogP contribution in [0.5, 0.6) is 5.75 Å². The van der Waals surface area contributed by atoms with Gasteiger partial charge in [0.2, 0.25) is 0 Å². The summed E-state index contributed by atoms with van der Waals surface area (Å²) in [5.41, 5.74) is 11.6. The fourth-order valence-electron chi connectivity index (χ4n) is 2.82. The van der Waals surface area contributed by atoms with Gasteiger partial charge in [0, 0.05) is 11.6 Å². The molecule has 116 valence electrons. The normalized spacial score (nSPS) is 11.9. The van der Waals surface area contributed by atoms with Gasteiger partial charge in [0.15, 0.2) is 0 Å². The van der Waals surface area contributed by atoms with Crippen molar-refractivity contribution in [3.05, 3.63) is 95.1 Å². The molecule has 0 aliphatic rings. The number of methoxy groups -OCH3 is 1. The number of hydrogen-bond donors (Lipinski definition) is 1. The van der Waals surface area contributed by atoms with Crippen LogP contribution in [0.3, 0.4) is 0 Å². The monoisotopic (exact) mass is 303 g/mol. The molecule has 0 aliphatic carbocycles. The standard InChI is InChI=1S/C21H21NO/c1-15-3-5-16(6-4-15)21(17-7-11-19(22)12-8-17)18-9-13-20(23-2)14-10-18/h3-14,21H,22H2,1-2H3. The fourth-order valence-corrected chi connectivity index (χ4v) is 2.82. The molecule has 2 heteroatoms. The second kappa shape index (κ2) is 6.57. The van der Waals surface area contributed by atoms with Gasteiger partial charge in [0.1, 0.15) is 5.75 Å². The zero-order valence-electron chi connectivity index (χ0n) is 13.5. The van der Waals surface area contributed by atoms with Crippen molar-refractivity contribution in [2.24, 2.45) is 0 Å². The summed E-state index contributed by atoms with van der Waals surface area (Å²) in [4.78, 5) is 0. The van der Waals surface area contributed by atoms with Crippen molar-refractivity contribution in [2.45, 2.75) is 12.8 Å². The van der Waals surface area contributed by atoms with Gasteiger partial charge in [-0.15, -0.1) is 0 Å². The molecule has 1 atom stereocenters. The molecule has 3 rings (SSSR count). The third-order valence-electron chi connectivity index (χ3n) is 4.13. The van der Waals surface area contributed by atoms with Gasteiger partial charge in [-0.3, -0.25) is 0 Å². The summed E-state index contributed by atoms with van der Waals surface area (Å²) in [6.07, 6.45) is 0. The number of aryl methyl sites for hydroxylation is 1. The summed E-state index contributed by atoms with van der Waals surface area (Å²) in [6, 6.07) is 25.1. The number of hydrogen-bond acceptors (Lipinski definition) is 2. The van der Waals surface area contributed by atoms with E-state index < -0.39 is 0 Å². The quantitative estimate of drug-likeness (QED) is 0.557. The Labute approximate surface area is 137 Å². The lowest BCUT2D eigenvalue weighted by atomic mass is 9.85. The maximum absolute atomic E-state index is 5.85. The first kappa shape index (κ1) is 15.2. The molecule has 0 saturated carbocycles. The minimum Gasteiger partial charge on any atom is -0.497 e. The van der Waals surface area contributed by atoms with Crippen LogP contribution in [0.1, 0.15) is 28.2 Å². The van der Waals surface area contributed by atoms with Crippen LogP contribution in [-0.2, 0) is 0 Å². The highest BCUT2D eigenvalue weighted by atomic mass is 16.5. The summed E-state index contributed by atoms with van der Waals surface area (Å²) < 4.78 is 5.28. The average Bonchev–Trinajstić information content (AvgIpc) is 2.59. The van der Waals surface area contributed by atoms with Crippen LogP contribution in [0.2, 0.25) is 0 Å². The van der Waals surface area contributed by atoms with Crippen molar-refractivity contribution in [3.63, 3.8) is 0 Å². The molecule has 0 aliphatic heterocycles. The van der Waals surface area contributed by atoms with Crippen molar-refractivity contribution in [1.29, 1.82) is 0 Å². The first-order chi connectivity index (χ1) is 11.2. The van der Waals surface area contributed by atoms with Gasteiger partial charge in [-0.05, 0) is 47.9 Å². The number of nitrogen functional groups attached to an aromatic ring is 1. The highest BCUT2D eigenvalue weighted by Crippen LogP contribution is 2.33. The molecule has 23 heavy (non-hydrogen) atoms. The lowest BCUT2D eigenvalue weighted by Crippen LogP contribution is -2.04. The van der Waals surface area contributed by atoms with Crippen LogP contribution in [0.4, 0.5) is 5.69 Å². The summed E-state index contributed by atoms with van der Waals surface area (Å²) >= 11 is 0. The molecule has 0 bridgehead atoms. The van der Waals surface area contributed by atoms with Gasteiger partial charge in [0.25, 0.3) is 0 Å². The van der Waals surface area contributed by atoms with Crippen LogP contribution < -0.4 is 10.5 Å². The van der Waals surface area contributed by atoms with Crippen LogP contribution in [0, 0.1) is 6.92 Å². The number of benzene rings is 3. The molecule has 3 aromatic rings. The van der Waals surface area contributed by atoms with Crippen molar-refractivity contribution in [3.8, 4) is 5.75 Å². The Morgan fingerprint density at radius 2 is 1.13 bits per heavy atom.